The number of carbonyl (C=O) groups excluding carboxylic acids is 1. The minimum absolute atomic E-state index is 0.237. The van der Waals surface area contributed by atoms with E-state index in [0.29, 0.717) is 17.1 Å². The Kier molecular flexibility index (Phi) is 3.87. The Bertz CT molecular complexity index is 628. The summed E-state index contributed by atoms with van der Waals surface area (Å²) in [6.07, 6.45) is 1.57. The fourth-order valence-corrected chi connectivity index (χ4v) is 1.94. The van der Waals surface area contributed by atoms with Crippen LogP contribution in [-0.2, 0) is 0 Å². The number of hydrogen-bond acceptors (Lipinski definition) is 4. The predicted molar refractivity (Wildman–Crippen MR) is 80.3 cm³/mol. The first-order chi connectivity index (χ1) is 9.15. The van der Waals surface area contributed by atoms with Crippen LogP contribution in [0.2, 0.25) is 0 Å². The van der Waals surface area contributed by atoms with Crippen molar-refractivity contribution >= 4 is 35.1 Å². The SMILES string of the molecule is Cc1ccccc1C(=O)N(C=S)c1ncccc1N. The minimum atomic E-state index is -0.237. The lowest BCUT2D eigenvalue weighted by Gasteiger charge is -2.18. The molecule has 4 nitrogen and oxygen atoms in total. The number of carbonyl (C=O) groups is 1. The monoisotopic (exact) mass is 271 g/mol. The van der Waals surface area contributed by atoms with Gasteiger partial charge in [0.1, 0.15) is 0 Å². The van der Waals surface area contributed by atoms with Gasteiger partial charge in [0.2, 0.25) is 0 Å². The maximum atomic E-state index is 12.5. The van der Waals surface area contributed by atoms with Gasteiger partial charge in [0, 0.05) is 11.8 Å². The van der Waals surface area contributed by atoms with Crippen molar-refractivity contribution in [2.24, 2.45) is 0 Å². The van der Waals surface area contributed by atoms with Gasteiger partial charge in [0.05, 0.1) is 11.2 Å². The van der Waals surface area contributed by atoms with E-state index in [0.717, 1.165) is 5.56 Å². The number of aromatic nitrogens is 1. The highest BCUT2D eigenvalue weighted by molar-refractivity contribution is 7.79. The molecular weight excluding hydrogens is 258 g/mol. The van der Waals surface area contributed by atoms with E-state index in [2.05, 4.69) is 4.98 Å². The summed E-state index contributed by atoms with van der Waals surface area (Å²) in [5.41, 5.74) is 8.95. The van der Waals surface area contributed by atoms with Gasteiger partial charge in [-0.25, -0.2) is 4.98 Å². The summed E-state index contributed by atoms with van der Waals surface area (Å²) in [5, 5.41) is 0. The summed E-state index contributed by atoms with van der Waals surface area (Å²) in [6, 6.07) is 10.7. The van der Waals surface area contributed by atoms with Gasteiger partial charge in [-0.1, -0.05) is 30.4 Å². The third-order valence-electron chi connectivity index (χ3n) is 2.74. The zero-order chi connectivity index (χ0) is 13.8. The van der Waals surface area contributed by atoms with Crippen LogP contribution in [0.5, 0.6) is 0 Å². The molecule has 0 unspecified atom stereocenters. The second-order valence-corrected chi connectivity index (χ2v) is 4.22. The molecule has 0 radical (unpaired) electrons. The zero-order valence-corrected chi connectivity index (χ0v) is 11.2. The van der Waals surface area contributed by atoms with Crippen molar-refractivity contribution < 1.29 is 4.79 Å². The number of rotatable bonds is 3. The Labute approximate surface area is 116 Å². The summed E-state index contributed by atoms with van der Waals surface area (Å²) < 4.78 is 0. The lowest BCUT2D eigenvalue weighted by Crippen LogP contribution is -2.30. The van der Waals surface area contributed by atoms with Crippen LogP contribution in [0.25, 0.3) is 0 Å². The molecule has 0 fully saturated rings. The highest BCUT2D eigenvalue weighted by Gasteiger charge is 2.19. The molecule has 1 amide bonds. The molecule has 19 heavy (non-hydrogen) atoms. The van der Waals surface area contributed by atoms with Crippen LogP contribution in [0.3, 0.4) is 0 Å². The van der Waals surface area contributed by atoms with E-state index in [9.17, 15) is 4.79 Å². The predicted octanol–water partition coefficient (Wildman–Crippen LogP) is 2.58. The highest BCUT2D eigenvalue weighted by Crippen LogP contribution is 2.21. The lowest BCUT2D eigenvalue weighted by atomic mass is 10.1. The van der Waals surface area contributed by atoms with Crippen LogP contribution in [-0.4, -0.2) is 16.4 Å². The highest BCUT2D eigenvalue weighted by atomic mass is 32.1. The normalized spacial score (nSPS) is 9.95. The molecule has 0 bridgehead atoms. The average molecular weight is 271 g/mol. The first kappa shape index (κ1) is 13.2. The molecule has 0 aliphatic rings. The molecule has 0 atom stereocenters. The van der Waals surface area contributed by atoms with Crippen LogP contribution >= 0.6 is 12.2 Å². The molecule has 1 aromatic carbocycles. The quantitative estimate of drug-likeness (QED) is 0.872. The van der Waals surface area contributed by atoms with Gasteiger partial charge in [-0.05, 0) is 30.7 Å². The number of nitrogen functional groups attached to an aromatic ring is 1. The van der Waals surface area contributed by atoms with Crippen molar-refractivity contribution in [3.05, 3.63) is 53.7 Å². The largest absolute Gasteiger partial charge is 0.396 e. The molecule has 2 N–H and O–H groups in total. The van der Waals surface area contributed by atoms with E-state index in [4.69, 9.17) is 18.0 Å². The van der Waals surface area contributed by atoms with Crippen LogP contribution in [0.4, 0.5) is 11.5 Å². The summed E-state index contributed by atoms with van der Waals surface area (Å²) in [6.45, 7) is 1.87. The molecule has 2 rings (SSSR count). The number of anilines is 2. The van der Waals surface area contributed by atoms with Gasteiger partial charge < -0.3 is 5.73 Å². The number of nitrogens with two attached hydrogens (primary N) is 1. The summed E-state index contributed by atoms with van der Waals surface area (Å²) in [7, 11) is 0. The third kappa shape index (κ3) is 2.61. The topological polar surface area (TPSA) is 59.2 Å². The Morgan fingerprint density at radius 1 is 1.32 bits per heavy atom. The van der Waals surface area contributed by atoms with Crippen molar-refractivity contribution in [2.75, 3.05) is 10.6 Å². The van der Waals surface area contributed by atoms with Gasteiger partial charge in [-0.2, -0.15) is 0 Å². The number of nitrogens with zero attached hydrogens (tertiary/aromatic N) is 2. The summed E-state index contributed by atoms with van der Waals surface area (Å²) in [4.78, 5) is 17.9. The molecule has 96 valence electrons. The Hall–Kier alpha value is -2.27. The van der Waals surface area contributed by atoms with E-state index in [1.54, 1.807) is 24.4 Å². The van der Waals surface area contributed by atoms with Gasteiger partial charge >= 0.3 is 0 Å². The van der Waals surface area contributed by atoms with E-state index >= 15 is 0 Å². The van der Waals surface area contributed by atoms with Crippen molar-refractivity contribution in [3.63, 3.8) is 0 Å². The standard InChI is InChI=1S/C14H13N3OS/c1-10-5-2-3-6-11(10)14(18)17(9-19)13-12(15)7-4-8-16-13/h2-9H,15H2,1H3. The summed E-state index contributed by atoms with van der Waals surface area (Å²) >= 11 is 4.92. The molecule has 1 aromatic heterocycles. The fraction of sp³-hybridized carbons (Fsp3) is 0.0714. The van der Waals surface area contributed by atoms with Crippen molar-refractivity contribution in [3.8, 4) is 0 Å². The molecule has 2 aromatic rings. The van der Waals surface area contributed by atoms with Crippen molar-refractivity contribution in [2.45, 2.75) is 6.92 Å². The average Bonchev–Trinajstić information content (AvgIpc) is 2.42. The molecule has 0 saturated heterocycles. The zero-order valence-electron chi connectivity index (χ0n) is 10.4. The number of thiocarbonyl (C=S) groups is 1. The molecule has 0 aliphatic carbocycles. The molecule has 0 aliphatic heterocycles. The lowest BCUT2D eigenvalue weighted by molar-refractivity contribution is 0.100. The van der Waals surface area contributed by atoms with E-state index in [-0.39, 0.29) is 5.91 Å². The molecule has 0 spiro atoms. The van der Waals surface area contributed by atoms with Crippen LogP contribution < -0.4 is 10.6 Å². The van der Waals surface area contributed by atoms with Crippen LogP contribution in [0.1, 0.15) is 15.9 Å². The van der Waals surface area contributed by atoms with Gasteiger partial charge in [0.15, 0.2) is 5.82 Å². The number of amides is 1. The maximum absolute atomic E-state index is 12.5. The minimum Gasteiger partial charge on any atom is -0.396 e. The Balaban J connectivity index is 2.44. The fourth-order valence-electron chi connectivity index (χ4n) is 1.75. The number of hydrogen-bond donors (Lipinski definition) is 1. The van der Waals surface area contributed by atoms with E-state index < -0.39 is 0 Å². The molecule has 0 saturated carbocycles. The third-order valence-corrected chi connectivity index (χ3v) is 2.96. The molecule has 1 heterocycles. The van der Waals surface area contributed by atoms with Crippen molar-refractivity contribution in [1.29, 1.82) is 0 Å². The number of aryl methyl sites for hydroxylation is 1. The molecular formula is C14H13N3OS. The smallest absolute Gasteiger partial charge is 0.264 e. The van der Waals surface area contributed by atoms with Gasteiger partial charge in [-0.3, -0.25) is 9.69 Å². The Morgan fingerprint density at radius 2 is 2.05 bits per heavy atom. The maximum Gasteiger partial charge on any atom is 0.264 e. The van der Waals surface area contributed by atoms with Gasteiger partial charge in [-0.15, -0.1) is 0 Å². The van der Waals surface area contributed by atoms with Crippen LogP contribution in [0.15, 0.2) is 42.6 Å². The second kappa shape index (κ2) is 5.58. The first-order valence-corrected chi connectivity index (χ1v) is 6.17. The number of pyridine rings is 1. The van der Waals surface area contributed by atoms with E-state index in [1.165, 1.54) is 10.4 Å². The van der Waals surface area contributed by atoms with E-state index in [1.807, 2.05) is 25.1 Å². The van der Waals surface area contributed by atoms with Crippen molar-refractivity contribution in [1.82, 2.24) is 4.98 Å². The first-order valence-electron chi connectivity index (χ1n) is 5.70. The van der Waals surface area contributed by atoms with Gasteiger partial charge in [0.25, 0.3) is 5.91 Å². The Morgan fingerprint density at radius 3 is 2.68 bits per heavy atom. The number of benzene rings is 1. The molecule has 5 heteroatoms. The van der Waals surface area contributed by atoms with Crippen LogP contribution in [0, 0.1) is 6.92 Å². The summed E-state index contributed by atoms with van der Waals surface area (Å²) in [5.74, 6) is 0.115. The second-order valence-electron chi connectivity index (χ2n) is 4.01.